The van der Waals surface area contributed by atoms with Crippen LogP contribution in [0.5, 0.6) is 0 Å². The average molecular weight is 520 g/mol. The van der Waals surface area contributed by atoms with E-state index in [4.69, 9.17) is 10.2 Å². The summed E-state index contributed by atoms with van der Waals surface area (Å²) in [7, 11) is 0. The third-order valence-corrected chi connectivity index (χ3v) is 4.73. The van der Waals surface area contributed by atoms with Crippen LogP contribution in [0, 0.1) is 5.82 Å². The molecule has 0 aliphatic carbocycles. The number of hydrogen-bond acceptors (Lipinski definition) is 5. The number of carbonyl (C=O) groups is 5. The van der Waals surface area contributed by atoms with E-state index in [2.05, 4.69) is 26.6 Å². The molecule has 0 saturated carbocycles. The van der Waals surface area contributed by atoms with Crippen LogP contribution in [0.4, 0.5) is 9.18 Å². The first kappa shape index (κ1) is 26.8. The summed E-state index contributed by atoms with van der Waals surface area (Å²) in [5.41, 5.74) is -0.133. The van der Waals surface area contributed by atoms with E-state index in [1.165, 1.54) is 12.1 Å². The fourth-order valence-corrected chi connectivity index (χ4v) is 2.92. The van der Waals surface area contributed by atoms with Crippen LogP contribution >= 0.6 is 15.9 Å². The third-order valence-electron chi connectivity index (χ3n) is 4.23. The molecular weight excluding hydrogens is 497 g/mol. The zero-order valence-corrected chi connectivity index (χ0v) is 18.4. The van der Waals surface area contributed by atoms with Crippen LogP contribution in [-0.2, 0) is 14.4 Å². The van der Waals surface area contributed by atoms with Gasteiger partial charge in [-0.25, -0.2) is 18.8 Å². The SMILES string of the molecule is O=C(O)CC[C@H](NC(=O)N[C@@H](CCCCNC(=O)c1ccc(Br)cc1F)C(=O)O)C(=O)O. The number of unbranched alkanes of at least 4 members (excludes halogenated alkanes) is 1. The Morgan fingerprint density at radius 1 is 0.938 bits per heavy atom. The second-order valence-corrected chi connectivity index (χ2v) is 7.62. The van der Waals surface area contributed by atoms with Crippen LogP contribution in [0.25, 0.3) is 0 Å². The predicted molar refractivity (Wildman–Crippen MR) is 112 cm³/mol. The molecule has 1 aromatic carbocycles. The summed E-state index contributed by atoms with van der Waals surface area (Å²) in [6.45, 7) is 0.142. The molecule has 0 saturated heterocycles. The van der Waals surface area contributed by atoms with E-state index in [0.717, 1.165) is 6.07 Å². The van der Waals surface area contributed by atoms with Crippen LogP contribution in [0.1, 0.15) is 42.5 Å². The predicted octanol–water partition coefficient (Wildman–Crippen LogP) is 1.56. The minimum absolute atomic E-state index is 0.0157. The number of hydrogen-bond donors (Lipinski definition) is 6. The summed E-state index contributed by atoms with van der Waals surface area (Å²) in [4.78, 5) is 56.9. The summed E-state index contributed by atoms with van der Waals surface area (Å²) in [5, 5.41) is 33.5. The molecule has 13 heteroatoms. The highest BCUT2D eigenvalue weighted by molar-refractivity contribution is 9.10. The summed E-state index contributed by atoms with van der Waals surface area (Å²) in [6.07, 6.45) is -0.253. The fraction of sp³-hybridized carbons (Fsp3) is 0.421. The van der Waals surface area contributed by atoms with Gasteiger partial charge < -0.3 is 31.3 Å². The van der Waals surface area contributed by atoms with Crippen LogP contribution in [0.2, 0.25) is 0 Å². The summed E-state index contributed by atoms with van der Waals surface area (Å²) in [6, 6.07) is 0.105. The lowest BCUT2D eigenvalue weighted by Gasteiger charge is -2.18. The fourth-order valence-electron chi connectivity index (χ4n) is 2.58. The van der Waals surface area contributed by atoms with Crippen molar-refractivity contribution in [2.75, 3.05) is 6.54 Å². The summed E-state index contributed by atoms with van der Waals surface area (Å²) < 4.78 is 14.2. The van der Waals surface area contributed by atoms with Crippen molar-refractivity contribution in [1.82, 2.24) is 16.0 Å². The van der Waals surface area contributed by atoms with Gasteiger partial charge in [0.15, 0.2) is 0 Å². The number of benzene rings is 1. The lowest BCUT2D eigenvalue weighted by molar-refractivity contribution is -0.140. The smallest absolute Gasteiger partial charge is 0.326 e. The third kappa shape index (κ3) is 9.73. The Morgan fingerprint density at radius 2 is 1.53 bits per heavy atom. The number of amides is 3. The molecule has 1 rings (SSSR count). The molecule has 0 bridgehead atoms. The first-order valence-corrected chi connectivity index (χ1v) is 10.3. The van der Waals surface area contributed by atoms with Crippen LogP contribution in [-0.4, -0.2) is 63.8 Å². The van der Waals surface area contributed by atoms with Gasteiger partial charge in [0.25, 0.3) is 5.91 Å². The minimum Gasteiger partial charge on any atom is -0.481 e. The van der Waals surface area contributed by atoms with E-state index in [0.29, 0.717) is 10.9 Å². The highest BCUT2D eigenvalue weighted by atomic mass is 79.9. The number of carbonyl (C=O) groups excluding carboxylic acids is 2. The maximum atomic E-state index is 13.8. The molecular formula is C19H23BrFN3O8. The monoisotopic (exact) mass is 519 g/mol. The van der Waals surface area contributed by atoms with Gasteiger partial charge in [-0.1, -0.05) is 15.9 Å². The number of halogens is 2. The maximum Gasteiger partial charge on any atom is 0.326 e. The first-order chi connectivity index (χ1) is 15.0. The first-order valence-electron chi connectivity index (χ1n) is 9.49. The van der Waals surface area contributed by atoms with Crippen molar-refractivity contribution in [3.8, 4) is 0 Å². The Bertz CT molecular complexity index is 867. The van der Waals surface area contributed by atoms with E-state index >= 15 is 0 Å². The van der Waals surface area contributed by atoms with Crippen molar-refractivity contribution < 1.29 is 43.7 Å². The minimum atomic E-state index is -1.49. The molecule has 0 heterocycles. The lowest BCUT2D eigenvalue weighted by atomic mass is 10.1. The molecule has 0 aliphatic rings. The van der Waals surface area contributed by atoms with Crippen molar-refractivity contribution in [3.05, 3.63) is 34.1 Å². The molecule has 6 N–H and O–H groups in total. The van der Waals surface area contributed by atoms with Gasteiger partial charge in [0.1, 0.15) is 17.9 Å². The molecule has 0 fully saturated rings. The molecule has 1 aromatic rings. The normalized spacial score (nSPS) is 12.3. The van der Waals surface area contributed by atoms with Gasteiger partial charge in [-0.3, -0.25) is 9.59 Å². The summed E-state index contributed by atoms with van der Waals surface area (Å²) >= 11 is 3.09. The second kappa shape index (κ2) is 13.2. The summed E-state index contributed by atoms with van der Waals surface area (Å²) in [5.74, 6) is -5.36. The molecule has 0 unspecified atom stereocenters. The molecule has 11 nitrogen and oxygen atoms in total. The molecule has 0 aliphatic heterocycles. The van der Waals surface area contributed by atoms with Gasteiger partial charge in [-0.2, -0.15) is 0 Å². The molecule has 32 heavy (non-hydrogen) atoms. The van der Waals surface area contributed by atoms with E-state index in [1.54, 1.807) is 0 Å². The highest BCUT2D eigenvalue weighted by Gasteiger charge is 2.24. The molecule has 176 valence electrons. The van der Waals surface area contributed by atoms with Gasteiger partial charge in [-0.15, -0.1) is 0 Å². The van der Waals surface area contributed by atoms with Crippen LogP contribution < -0.4 is 16.0 Å². The van der Waals surface area contributed by atoms with Crippen molar-refractivity contribution in [2.24, 2.45) is 0 Å². The number of nitrogens with one attached hydrogen (secondary N) is 3. The van der Waals surface area contributed by atoms with Crippen LogP contribution in [0.15, 0.2) is 22.7 Å². The Balaban J connectivity index is 2.45. The molecule has 0 aromatic heterocycles. The Morgan fingerprint density at radius 3 is 2.06 bits per heavy atom. The molecule has 3 amide bonds. The van der Waals surface area contributed by atoms with Gasteiger partial charge in [-0.05, 0) is 43.9 Å². The standard InChI is InChI=1S/C19H23BrFN3O8/c20-10-4-5-11(12(21)9-10)16(27)22-8-2-1-3-13(17(28)29)23-19(32)24-14(18(30)31)6-7-15(25)26/h4-5,9,13-14H,1-3,6-8H2,(H,22,27)(H,25,26)(H,28,29)(H,30,31)(H2,23,24,32)/t13-,14-/m0/s1. The highest BCUT2D eigenvalue weighted by Crippen LogP contribution is 2.15. The molecule has 0 spiro atoms. The molecule has 2 atom stereocenters. The number of carboxylic acids is 3. The lowest BCUT2D eigenvalue weighted by Crippen LogP contribution is -2.51. The van der Waals surface area contributed by atoms with E-state index < -0.39 is 54.2 Å². The van der Waals surface area contributed by atoms with Crippen molar-refractivity contribution >= 4 is 45.8 Å². The van der Waals surface area contributed by atoms with Crippen molar-refractivity contribution in [2.45, 2.75) is 44.2 Å². The quantitative estimate of drug-likeness (QED) is 0.212. The largest absolute Gasteiger partial charge is 0.481 e. The van der Waals surface area contributed by atoms with Gasteiger partial charge >= 0.3 is 23.9 Å². The van der Waals surface area contributed by atoms with Crippen molar-refractivity contribution in [3.63, 3.8) is 0 Å². The topological polar surface area (TPSA) is 182 Å². The van der Waals surface area contributed by atoms with E-state index in [-0.39, 0.29) is 31.4 Å². The number of aliphatic carboxylic acids is 3. The Labute approximate surface area is 190 Å². The van der Waals surface area contributed by atoms with E-state index in [1.807, 2.05) is 5.32 Å². The zero-order chi connectivity index (χ0) is 24.3. The number of urea groups is 1. The van der Waals surface area contributed by atoms with Gasteiger partial charge in [0.05, 0.1) is 5.56 Å². The van der Waals surface area contributed by atoms with Crippen LogP contribution in [0.3, 0.4) is 0 Å². The average Bonchev–Trinajstić information content (AvgIpc) is 2.69. The molecule has 0 radical (unpaired) electrons. The van der Waals surface area contributed by atoms with E-state index in [9.17, 15) is 33.5 Å². The number of rotatable bonds is 13. The van der Waals surface area contributed by atoms with Crippen molar-refractivity contribution in [1.29, 1.82) is 0 Å². The maximum absolute atomic E-state index is 13.8. The second-order valence-electron chi connectivity index (χ2n) is 6.71. The van der Waals surface area contributed by atoms with Gasteiger partial charge in [0, 0.05) is 17.4 Å². The Kier molecular flexibility index (Phi) is 11.1. The number of carboxylic acid groups (broad SMARTS) is 3. The Hall–Kier alpha value is -3.22. The van der Waals surface area contributed by atoms with Gasteiger partial charge in [0.2, 0.25) is 0 Å². The zero-order valence-electron chi connectivity index (χ0n) is 16.8.